The predicted octanol–water partition coefficient (Wildman–Crippen LogP) is 3.59. The van der Waals surface area contributed by atoms with Crippen molar-refractivity contribution in [1.29, 1.82) is 0 Å². The van der Waals surface area contributed by atoms with Crippen LogP contribution in [-0.4, -0.2) is 45.0 Å². The van der Waals surface area contributed by atoms with Crippen molar-refractivity contribution in [1.82, 2.24) is 20.1 Å². The number of carbonyl (C=O) groups is 2. The smallest absolute Gasteiger partial charge is 0.261 e. The van der Waals surface area contributed by atoms with Crippen LogP contribution in [0.1, 0.15) is 32.2 Å². The Balaban J connectivity index is 1.44. The molecule has 0 radical (unpaired) electrons. The van der Waals surface area contributed by atoms with Crippen LogP contribution in [0.25, 0.3) is 0 Å². The van der Waals surface area contributed by atoms with Gasteiger partial charge in [-0.05, 0) is 62.2 Å². The van der Waals surface area contributed by atoms with E-state index in [9.17, 15) is 9.59 Å². The van der Waals surface area contributed by atoms with Crippen molar-refractivity contribution in [2.75, 3.05) is 17.7 Å². The lowest BCUT2D eigenvalue weighted by Crippen LogP contribution is -2.36. The van der Waals surface area contributed by atoms with Gasteiger partial charge in [0.15, 0.2) is 17.1 Å². The van der Waals surface area contributed by atoms with Gasteiger partial charge in [-0.25, -0.2) is 0 Å². The van der Waals surface area contributed by atoms with Crippen LogP contribution in [0.2, 0.25) is 0 Å². The van der Waals surface area contributed by atoms with E-state index >= 15 is 0 Å². The fraction of sp³-hybridized carbons (Fsp3) is 0.360. The van der Waals surface area contributed by atoms with Gasteiger partial charge in [0.2, 0.25) is 5.91 Å². The summed E-state index contributed by atoms with van der Waals surface area (Å²) < 4.78 is 12.9. The van der Waals surface area contributed by atoms with E-state index in [0.717, 1.165) is 12.2 Å². The van der Waals surface area contributed by atoms with Crippen LogP contribution >= 0.6 is 11.8 Å². The molecule has 0 aliphatic heterocycles. The number of benzene rings is 2. The second-order valence-corrected chi connectivity index (χ2v) is 8.67. The van der Waals surface area contributed by atoms with Gasteiger partial charge >= 0.3 is 0 Å². The SMILES string of the molecule is CCOc1ccc(NC(=O)CSc2nnc(CNC(=O)[C@@H](C)Oc3ccc(CC)cc3)n2C)cc1. The van der Waals surface area contributed by atoms with Gasteiger partial charge in [-0.3, -0.25) is 9.59 Å². The summed E-state index contributed by atoms with van der Waals surface area (Å²) in [5, 5.41) is 14.5. The fourth-order valence-corrected chi connectivity index (χ4v) is 3.85. The number of ether oxygens (including phenoxy) is 2. The Morgan fingerprint density at radius 1 is 1.03 bits per heavy atom. The number of rotatable bonds is 12. The number of carbonyl (C=O) groups excluding carboxylic acids is 2. The molecule has 0 unspecified atom stereocenters. The van der Waals surface area contributed by atoms with E-state index in [2.05, 4.69) is 27.8 Å². The monoisotopic (exact) mass is 497 g/mol. The van der Waals surface area contributed by atoms with Crippen LogP contribution in [0.3, 0.4) is 0 Å². The van der Waals surface area contributed by atoms with E-state index in [4.69, 9.17) is 9.47 Å². The zero-order valence-corrected chi connectivity index (χ0v) is 21.2. The standard InChI is InChI=1S/C25H31N5O4S/c1-5-18-7-11-21(12-8-18)34-17(3)24(32)26-15-22-28-29-25(30(22)4)35-16-23(31)27-19-9-13-20(14-10-19)33-6-2/h7-14,17H,5-6,15-16H2,1-4H3,(H,26,32)(H,27,31)/t17-/m1/s1. The zero-order valence-electron chi connectivity index (χ0n) is 20.4. The van der Waals surface area contributed by atoms with Gasteiger partial charge in [0.1, 0.15) is 11.5 Å². The van der Waals surface area contributed by atoms with E-state index in [1.165, 1.54) is 17.3 Å². The van der Waals surface area contributed by atoms with Gasteiger partial charge in [-0.1, -0.05) is 30.8 Å². The summed E-state index contributed by atoms with van der Waals surface area (Å²) in [6.07, 6.45) is 0.290. The molecule has 1 aromatic heterocycles. The third kappa shape index (κ3) is 7.74. The zero-order chi connectivity index (χ0) is 25.2. The maximum atomic E-state index is 12.4. The molecule has 3 aromatic rings. The van der Waals surface area contributed by atoms with Crippen molar-refractivity contribution < 1.29 is 19.1 Å². The number of thioether (sulfide) groups is 1. The minimum absolute atomic E-state index is 0.157. The third-order valence-electron chi connectivity index (χ3n) is 5.14. The summed E-state index contributed by atoms with van der Waals surface area (Å²) in [7, 11) is 1.80. The Morgan fingerprint density at radius 3 is 2.37 bits per heavy atom. The van der Waals surface area contributed by atoms with E-state index in [0.29, 0.717) is 29.0 Å². The molecule has 186 valence electrons. The first-order chi connectivity index (χ1) is 16.9. The summed E-state index contributed by atoms with van der Waals surface area (Å²) in [6, 6.07) is 14.9. The maximum Gasteiger partial charge on any atom is 0.261 e. The van der Waals surface area contributed by atoms with Crippen molar-refractivity contribution in [2.24, 2.45) is 7.05 Å². The summed E-state index contributed by atoms with van der Waals surface area (Å²) >= 11 is 1.27. The molecule has 0 aliphatic rings. The van der Waals surface area contributed by atoms with Crippen LogP contribution in [0.15, 0.2) is 53.7 Å². The number of hydrogen-bond donors (Lipinski definition) is 2. The van der Waals surface area contributed by atoms with Crippen molar-refractivity contribution in [2.45, 2.75) is 45.0 Å². The average molecular weight is 498 g/mol. The first-order valence-electron chi connectivity index (χ1n) is 11.5. The Hall–Kier alpha value is -3.53. The molecular weight excluding hydrogens is 466 g/mol. The highest BCUT2D eigenvalue weighted by atomic mass is 32.2. The molecule has 0 saturated carbocycles. The topological polar surface area (TPSA) is 107 Å². The lowest BCUT2D eigenvalue weighted by atomic mass is 10.2. The van der Waals surface area contributed by atoms with Gasteiger partial charge in [-0.2, -0.15) is 0 Å². The van der Waals surface area contributed by atoms with Crippen LogP contribution in [0, 0.1) is 0 Å². The number of anilines is 1. The van der Waals surface area contributed by atoms with Crippen molar-refractivity contribution in [3.8, 4) is 11.5 Å². The molecule has 1 heterocycles. The number of aromatic nitrogens is 3. The highest BCUT2D eigenvalue weighted by molar-refractivity contribution is 7.99. The molecule has 3 rings (SSSR count). The molecule has 0 saturated heterocycles. The Morgan fingerprint density at radius 2 is 1.71 bits per heavy atom. The molecule has 35 heavy (non-hydrogen) atoms. The second-order valence-electron chi connectivity index (χ2n) is 7.73. The Kier molecular flexibility index (Phi) is 9.54. The highest BCUT2D eigenvalue weighted by Gasteiger charge is 2.17. The van der Waals surface area contributed by atoms with Crippen LogP contribution < -0.4 is 20.1 Å². The molecule has 0 bridgehead atoms. The first-order valence-corrected chi connectivity index (χ1v) is 12.4. The van der Waals surface area contributed by atoms with E-state index < -0.39 is 6.10 Å². The van der Waals surface area contributed by atoms with Gasteiger partial charge in [0.05, 0.1) is 18.9 Å². The molecule has 0 aliphatic carbocycles. The van der Waals surface area contributed by atoms with Crippen molar-refractivity contribution in [3.63, 3.8) is 0 Å². The van der Waals surface area contributed by atoms with Crippen molar-refractivity contribution >= 4 is 29.3 Å². The van der Waals surface area contributed by atoms with E-state index in [-0.39, 0.29) is 24.1 Å². The Labute approximate surface area is 209 Å². The largest absolute Gasteiger partial charge is 0.494 e. The summed E-state index contributed by atoms with van der Waals surface area (Å²) in [6.45, 7) is 6.49. The lowest BCUT2D eigenvalue weighted by molar-refractivity contribution is -0.127. The minimum Gasteiger partial charge on any atom is -0.494 e. The number of nitrogens with zero attached hydrogens (tertiary/aromatic N) is 3. The van der Waals surface area contributed by atoms with E-state index in [1.54, 1.807) is 30.7 Å². The molecule has 0 fully saturated rings. The third-order valence-corrected chi connectivity index (χ3v) is 6.16. The lowest BCUT2D eigenvalue weighted by Gasteiger charge is -2.15. The molecular formula is C25H31N5O4S. The molecule has 2 aromatic carbocycles. The molecule has 1 atom stereocenters. The second kappa shape index (κ2) is 12.8. The number of nitrogens with one attached hydrogen (secondary N) is 2. The van der Waals surface area contributed by atoms with Gasteiger partial charge < -0.3 is 24.7 Å². The number of amides is 2. The normalized spacial score (nSPS) is 11.5. The quantitative estimate of drug-likeness (QED) is 0.368. The molecule has 2 N–H and O–H groups in total. The summed E-state index contributed by atoms with van der Waals surface area (Å²) in [5.74, 6) is 1.74. The maximum absolute atomic E-state index is 12.4. The molecule has 0 spiro atoms. The molecule has 2 amide bonds. The fourth-order valence-electron chi connectivity index (χ4n) is 3.12. The average Bonchev–Trinajstić information content (AvgIpc) is 3.22. The van der Waals surface area contributed by atoms with Crippen molar-refractivity contribution in [3.05, 3.63) is 59.9 Å². The van der Waals surface area contributed by atoms with Gasteiger partial charge in [0.25, 0.3) is 5.91 Å². The predicted molar refractivity (Wildman–Crippen MR) is 136 cm³/mol. The molecule has 9 nitrogen and oxygen atoms in total. The van der Waals surface area contributed by atoms with Crippen LogP contribution in [0.4, 0.5) is 5.69 Å². The van der Waals surface area contributed by atoms with Crippen LogP contribution in [0.5, 0.6) is 11.5 Å². The Bertz CT molecular complexity index is 1120. The van der Waals surface area contributed by atoms with Crippen LogP contribution in [-0.2, 0) is 29.6 Å². The highest BCUT2D eigenvalue weighted by Crippen LogP contribution is 2.19. The summed E-state index contributed by atoms with van der Waals surface area (Å²) in [5.41, 5.74) is 1.90. The number of hydrogen-bond acceptors (Lipinski definition) is 7. The molecule has 10 heteroatoms. The van der Waals surface area contributed by atoms with Gasteiger partial charge in [0, 0.05) is 12.7 Å². The number of aryl methyl sites for hydroxylation is 1. The van der Waals surface area contributed by atoms with E-state index in [1.807, 2.05) is 43.3 Å². The minimum atomic E-state index is -0.657. The first kappa shape index (κ1) is 26.1. The van der Waals surface area contributed by atoms with Gasteiger partial charge in [-0.15, -0.1) is 10.2 Å². The summed E-state index contributed by atoms with van der Waals surface area (Å²) in [4.78, 5) is 24.7.